The van der Waals surface area contributed by atoms with Crippen LogP contribution in [0.25, 0.3) is 0 Å². The molecule has 1 aromatic rings. The van der Waals surface area contributed by atoms with Crippen LogP contribution in [-0.2, 0) is 9.53 Å². The summed E-state index contributed by atoms with van der Waals surface area (Å²) in [6.45, 7) is 1.36. The van der Waals surface area contributed by atoms with E-state index in [4.69, 9.17) is 9.90 Å². The van der Waals surface area contributed by atoms with Crippen LogP contribution in [0.1, 0.15) is 23.2 Å². The monoisotopic (exact) mass is 311 g/mol. The van der Waals surface area contributed by atoms with Crippen LogP contribution < -0.4 is 4.90 Å². The van der Waals surface area contributed by atoms with Crippen LogP contribution in [0.3, 0.4) is 0 Å². The molecule has 1 aromatic carbocycles. The molecule has 0 bridgehead atoms. The van der Waals surface area contributed by atoms with Gasteiger partial charge in [-0.3, -0.25) is 4.79 Å². The molecule has 1 saturated heterocycles. The number of methoxy groups -OCH3 is 1. The molecule has 0 radical (unpaired) electrons. The summed E-state index contributed by atoms with van der Waals surface area (Å²) in [5.41, 5.74) is 1.17. The maximum absolute atomic E-state index is 13.3. The Morgan fingerprint density at radius 2 is 2.05 bits per heavy atom. The first-order chi connectivity index (χ1) is 10.4. The Hall–Kier alpha value is -2.15. The quantitative estimate of drug-likeness (QED) is 0.632. The lowest BCUT2D eigenvalue weighted by atomic mass is 9.61. The molecule has 1 saturated carbocycles. The zero-order chi connectivity index (χ0) is 16.3. The van der Waals surface area contributed by atoms with Crippen molar-refractivity contribution in [2.24, 2.45) is 5.41 Å². The van der Waals surface area contributed by atoms with Crippen molar-refractivity contribution in [3.05, 3.63) is 29.6 Å². The highest BCUT2D eigenvalue weighted by Crippen LogP contribution is 2.50. The number of nitrogens with zero attached hydrogens (tertiary/aromatic N) is 1. The Kier molecular flexibility index (Phi) is 4.65. The summed E-state index contributed by atoms with van der Waals surface area (Å²) < 4.78 is 17.9. The van der Waals surface area contributed by atoms with Gasteiger partial charge in [0.05, 0.1) is 24.5 Å². The van der Waals surface area contributed by atoms with Gasteiger partial charge in [-0.2, -0.15) is 0 Å². The second kappa shape index (κ2) is 6.31. The largest absolute Gasteiger partial charge is 0.483 e. The number of ether oxygens (including phenoxy) is 1. The Labute approximate surface area is 127 Å². The highest BCUT2D eigenvalue weighted by Gasteiger charge is 2.52. The molecular formula is C15H18FNO5. The van der Waals surface area contributed by atoms with Gasteiger partial charge in [0.2, 0.25) is 0 Å². The van der Waals surface area contributed by atoms with Crippen molar-refractivity contribution in [3.63, 3.8) is 0 Å². The summed E-state index contributed by atoms with van der Waals surface area (Å²) >= 11 is 0. The molecule has 6 nitrogen and oxygen atoms in total. The zero-order valence-electron chi connectivity index (χ0n) is 12.2. The average molecular weight is 311 g/mol. The number of benzene rings is 1. The van der Waals surface area contributed by atoms with E-state index < -0.39 is 11.8 Å². The minimum Gasteiger partial charge on any atom is -0.483 e. The summed E-state index contributed by atoms with van der Waals surface area (Å²) in [5.74, 6) is -0.970. The predicted octanol–water partition coefficient (Wildman–Crippen LogP) is 1.27. The zero-order valence-corrected chi connectivity index (χ0v) is 12.2. The number of carboxylic acid groups (broad SMARTS) is 1. The number of carbonyl (C=O) groups is 2. The number of esters is 1. The number of carbonyl (C=O) groups excluding carboxylic acids is 1. The molecule has 1 heterocycles. The molecule has 0 aromatic heterocycles. The van der Waals surface area contributed by atoms with Gasteiger partial charge < -0.3 is 19.8 Å². The summed E-state index contributed by atoms with van der Waals surface area (Å²) in [5, 5.41) is 16.3. The number of aliphatic hydroxyl groups excluding tert-OH is 1. The Balaban J connectivity index is 0.000000545. The fraction of sp³-hybridized carbons (Fsp3) is 0.467. The van der Waals surface area contributed by atoms with Gasteiger partial charge in [0.1, 0.15) is 5.82 Å². The molecule has 2 aliphatic rings. The normalized spacial score (nSPS) is 18.6. The lowest BCUT2D eigenvalue weighted by molar-refractivity contribution is -0.122. The summed E-state index contributed by atoms with van der Waals surface area (Å²) in [4.78, 5) is 22.1. The van der Waals surface area contributed by atoms with Crippen LogP contribution in [0.4, 0.5) is 10.1 Å². The molecule has 1 aliphatic heterocycles. The minimum absolute atomic E-state index is 0.185. The van der Waals surface area contributed by atoms with Crippen molar-refractivity contribution >= 4 is 18.1 Å². The number of hydrogen-bond donors (Lipinski definition) is 2. The Morgan fingerprint density at radius 3 is 2.55 bits per heavy atom. The van der Waals surface area contributed by atoms with Crippen molar-refractivity contribution in [2.75, 3.05) is 25.1 Å². The molecule has 1 spiro atoms. The number of rotatable bonds is 2. The first kappa shape index (κ1) is 16.2. The van der Waals surface area contributed by atoms with Crippen molar-refractivity contribution in [1.29, 1.82) is 0 Å². The van der Waals surface area contributed by atoms with E-state index in [1.807, 2.05) is 4.90 Å². The fourth-order valence-corrected chi connectivity index (χ4v) is 3.19. The van der Waals surface area contributed by atoms with E-state index in [-0.39, 0.29) is 23.6 Å². The second-order valence-electron chi connectivity index (χ2n) is 5.68. The summed E-state index contributed by atoms with van der Waals surface area (Å²) in [7, 11) is 1.29. The summed E-state index contributed by atoms with van der Waals surface area (Å²) in [6.07, 6.45) is 1.45. The van der Waals surface area contributed by atoms with Crippen LogP contribution >= 0.6 is 0 Å². The van der Waals surface area contributed by atoms with E-state index in [1.54, 1.807) is 6.07 Å². The van der Waals surface area contributed by atoms with E-state index in [0.29, 0.717) is 5.69 Å². The minimum atomic E-state index is -0.524. The third-order valence-corrected chi connectivity index (χ3v) is 4.09. The molecule has 0 unspecified atom stereocenters. The maximum atomic E-state index is 13.3. The lowest BCUT2D eigenvalue weighted by Gasteiger charge is -2.58. The van der Waals surface area contributed by atoms with Gasteiger partial charge in [0.15, 0.2) is 0 Å². The van der Waals surface area contributed by atoms with Crippen molar-refractivity contribution < 1.29 is 28.9 Å². The maximum Gasteiger partial charge on any atom is 0.340 e. The van der Waals surface area contributed by atoms with Gasteiger partial charge in [-0.25, -0.2) is 9.18 Å². The van der Waals surface area contributed by atoms with Gasteiger partial charge >= 0.3 is 5.97 Å². The fourth-order valence-electron chi connectivity index (χ4n) is 3.19. The standard InChI is InChI=1S/C14H16FNO3.CH2O2/c1-19-13(18)11-4-9(15)2-3-12(11)16-7-14(8-16)5-10(17)6-14;2-1-3/h2-4,10,17H,5-8H2,1H3;1H,(H,2,3). The third kappa shape index (κ3) is 3.04. The highest BCUT2D eigenvalue weighted by molar-refractivity contribution is 5.96. The van der Waals surface area contributed by atoms with Crippen LogP contribution in [0.5, 0.6) is 0 Å². The van der Waals surface area contributed by atoms with E-state index in [0.717, 1.165) is 25.9 Å². The lowest BCUT2D eigenvalue weighted by Crippen LogP contribution is -2.64. The molecule has 3 rings (SSSR count). The second-order valence-corrected chi connectivity index (χ2v) is 5.68. The van der Waals surface area contributed by atoms with Gasteiger partial charge in [-0.1, -0.05) is 0 Å². The SMILES string of the molecule is COC(=O)c1cc(F)ccc1N1CC2(CC(O)C2)C1.O=CO. The molecule has 2 fully saturated rings. The summed E-state index contributed by atoms with van der Waals surface area (Å²) in [6, 6.07) is 4.17. The first-order valence-corrected chi connectivity index (χ1v) is 6.83. The van der Waals surface area contributed by atoms with Crippen molar-refractivity contribution in [3.8, 4) is 0 Å². The molecule has 7 heteroatoms. The van der Waals surface area contributed by atoms with E-state index in [2.05, 4.69) is 4.74 Å². The van der Waals surface area contributed by atoms with Crippen LogP contribution in [-0.4, -0.2) is 49.0 Å². The number of aliphatic hydroxyl groups is 1. The van der Waals surface area contributed by atoms with E-state index >= 15 is 0 Å². The average Bonchev–Trinajstić information content (AvgIpc) is 2.41. The van der Waals surface area contributed by atoms with Gasteiger partial charge in [0.25, 0.3) is 6.47 Å². The molecule has 0 amide bonds. The predicted molar refractivity (Wildman–Crippen MR) is 76.3 cm³/mol. The smallest absolute Gasteiger partial charge is 0.340 e. The third-order valence-electron chi connectivity index (χ3n) is 4.09. The molecular weight excluding hydrogens is 293 g/mol. The van der Waals surface area contributed by atoms with Gasteiger partial charge in [-0.05, 0) is 31.0 Å². The molecule has 0 atom stereocenters. The molecule has 2 N–H and O–H groups in total. The van der Waals surface area contributed by atoms with Crippen LogP contribution in [0.2, 0.25) is 0 Å². The number of anilines is 1. The van der Waals surface area contributed by atoms with Crippen molar-refractivity contribution in [2.45, 2.75) is 18.9 Å². The Bertz CT molecular complexity index is 563. The molecule has 22 heavy (non-hydrogen) atoms. The number of hydrogen-bond acceptors (Lipinski definition) is 5. The van der Waals surface area contributed by atoms with Crippen LogP contribution in [0.15, 0.2) is 18.2 Å². The Morgan fingerprint density at radius 1 is 1.45 bits per heavy atom. The van der Waals surface area contributed by atoms with E-state index in [1.165, 1.54) is 19.2 Å². The van der Waals surface area contributed by atoms with E-state index in [9.17, 15) is 14.3 Å². The van der Waals surface area contributed by atoms with Gasteiger partial charge in [-0.15, -0.1) is 0 Å². The van der Waals surface area contributed by atoms with Crippen molar-refractivity contribution in [1.82, 2.24) is 0 Å². The molecule has 1 aliphatic carbocycles. The first-order valence-electron chi connectivity index (χ1n) is 6.83. The van der Waals surface area contributed by atoms with Crippen LogP contribution in [0, 0.1) is 11.2 Å². The highest BCUT2D eigenvalue weighted by atomic mass is 19.1. The topological polar surface area (TPSA) is 87.1 Å². The van der Waals surface area contributed by atoms with Gasteiger partial charge in [0, 0.05) is 18.5 Å². The molecule has 120 valence electrons. The number of halogens is 1.